The normalized spacial score (nSPS) is 23.9. The van der Waals surface area contributed by atoms with E-state index in [1.807, 2.05) is 0 Å². The van der Waals surface area contributed by atoms with E-state index in [4.69, 9.17) is 4.74 Å². The zero-order chi connectivity index (χ0) is 7.56. The second-order valence-electron chi connectivity index (χ2n) is 2.29. The van der Waals surface area contributed by atoms with Gasteiger partial charge in [-0.3, -0.25) is 4.79 Å². The third-order valence-electron chi connectivity index (χ3n) is 1.37. The van der Waals surface area contributed by atoms with Crippen molar-refractivity contribution in [3.63, 3.8) is 0 Å². The number of carbonyl (C=O) groups excluding carboxylic acids is 1. The summed E-state index contributed by atoms with van der Waals surface area (Å²) in [6.45, 7) is 5.31. The predicted molar refractivity (Wildman–Crippen MR) is 38.5 cm³/mol. The van der Waals surface area contributed by atoms with Crippen molar-refractivity contribution in [2.45, 2.75) is 19.4 Å². The average Bonchev–Trinajstić information content (AvgIpc) is 2.13. The highest BCUT2D eigenvalue weighted by Crippen LogP contribution is 2.15. The lowest BCUT2D eigenvalue weighted by atomic mass is 10.2. The molecular weight excluding hydrogens is 128 g/mol. The van der Waals surface area contributed by atoms with Gasteiger partial charge in [-0.1, -0.05) is 6.08 Å². The highest BCUT2D eigenvalue weighted by molar-refractivity contribution is 5.95. The van der Waals surface area contributed by atoms with Gasteiger partial charge >= 0.3 is 0 Å². The number of hydrogen-bond donors (Lipinski definition) is 0. The number of allylic oxidation sites excluding steroid dienone is 1. The number of ether oxygens (including phenoxy) is 1. The summed E-state index contributed by atoms with van der Waals surface area (Å²) in [5.41, 5.74) is 0. The summed E-state index contributed by atoms with van der Waals surface area (Å²) in [6.07, 6.45) is 3.52. The van der Waals surface area contributed by atoms with Gasteiger partial charge in [0.2, 0.25) is 0 Å². The molecule has 0 aliphatic carbocycles. The molecule has 0 aromatic rings. The van der Waals surface area contributed by atoms with E-state index in [1.54, 1.807) is 13.0 Å². The van der Waals surface area contributed by atoms with Gasteiger partial charge in [-0.05, 0) is 6.92 Å². The van der Waals surface area contributed by atoms with Crippen LogP contribution in [0.5, 0.6) is 0 Å². The van der Waals surface area contributed by atoms with Gasteiger partial charge in [0.15, 0.2) is 11.9 Å². The quantitative estimate of drug-likeness (QED) is 0.539. The largest absolute Gasteiger partial charge is 0.486 e. The van der Waals surface area contributed by atoms with Crippen molar-refractivity contribution in [2.75, 3.05) is 0 Å². The molecule has 0 saturated heterocycles. The Morgan fingerprint density at radius 3 is 3.00 bits per heavy atom. The van der Waals surface area contributed by atoms with Crippen molar-refractivity contribution in [2.24, 2.45) is 0 Å². The van der Waals surface area contributed by atoms with Gasteiger partial charge in [0.25, 0.3) is 0 Å². The molecule has 0 N–H and O–H groups in total. The average molecular weight is 138 g/mol. The zero-order valence-corrected chi connectivity index (χ0v) is 5.96. The Hall–Kier alpha value is -1.05. The second kappa shape index (κ2) is 2.69. The lowest BCUT2D eigenvalue weighted by molar-refractivity contribution is -0.120. The molecule has 54 valence electrons. The maximum absolute atomic E-state index is 10.9. The van der Waals surface area contributed by atoms with Crippen molar-refractivity contribution in [3.8, 4) is 0 Å². The fraction of sp³-hybridized carbons (Fsp3) is 0.375. The molecule has 1 atom stereocenters. The second-order valence-corrected chi connectivity index (χ2v) is 2.29. The van der Waals surface area contributed by atoms with Crippen molar-refractivity contribution in [1.82, 2.24) is 0 Å². The SMILES string of the molecule is C=CCC1OC(C)=CC1=O. The molecule has 0 aromatic heterocycles. The number of carbonyl (C=O) groups is 1. The standard InChI is InChI=1S/C8H10O2/c1-3-4-8-7(9)5-6(2)10-8/h3,5,8H,1,4H2,2H3. The zero-order valence-electron chi connectivity index (χ0n) is 5.96. The highest BCUT2D eigenvalue weighted by Gasteiger charge is 2.22. The van der Waals surface area contributed by atoms with Crippen LogP contribution in [0.2, 0.25) is 0 Å². The summed E-state index contributed by atoms with van der Waals surface area (Å²) in [5.74, 6) is 0.759. The van der Waals surface area contributed by atoms with E-state index in [9.17, 15) is 4.79 Å². The fourth-order valence-corrected chi connectivity index (χ4v) is 0.925. The van der Waals surface area contributed by atoms with E-state index >= 15 is 0 Å². The first-order valence-electron chi connectivity index (χ1n) is 3.23. The molecule has 2 heteroatoms. The molecule has 0 fully saturated rings. The Morgan fingerprint density at radius 1 is 1.90 bits per heavy atom. The van der Waals surface area contributed by atoms with Crippen LogP contribution in [-0.2, 0) is 9.53 Å². The molecule has 0 saturated carbocycles. The van der Waals surface area contributed by atoms with Gasteiger partial charge < -0.3 is 4.74 Å². The minimum Gasteiger partial charge on any atom is -0.486 e. The first-order valence-corrected chi connectivity index (χ1v) is 3.23. The predicted octanol–water partition coefficient (Wildman–Crippen LogP) is 1.43. The van der Waals surface area contributed by atoms with Crippen LogP contribution in [0.3, 0.4) is 0 Å². The van der Waals surface area contributed by atoms with Crippen LogP contribution in [0, 0.1) is 0 Å². The summed E-state index contributed by atoms with van der Waals surface area (Å²) in [7, 11) is 0. The van der Waals surface area contributed by atoms with Crippen LogP contribution in [0.1, 0.15) is 13.3 Å². The Kier molecular flexibility index (Phi) is 1.90. The molecule has 0 amide bonds. The third-order valence-corrected chi connectivity index (χ3v) is 1.37. The number of ketones is 1. The summed E-state index contributed by atoms with van der Waals surface area (Å²) in [6, 6.07) is 0. The summed E-state index contributed by atoms with van der Waals surface area (Å²) < 4.78 is 5.15. The van der Waals surface area contributed by atoms with Crippen LogP contribution in [0.25, 0.3) is 0 Å². The molecule has 0 aromatic carbocycles. The summed E-state index contributed by atoms with van der Waals surface area (Å²) >= 11 is 0. The highest BCUT2D eigenvalue weighted by atomic mass is 16.5. The molecule has 1 rings (SSSR count). The molecule has 1 heterocycles. The lowest BCUT2D eigenvalue weighted by Gasteiger charge is -2.05. The van der Waals surface area contributed by atoms with E-state index in [0.29, 0.717) is 12.2 Å². The molecule has 1 aliphatic rings. The van der Waals surface area contributed by atoms with E-state index in [1.165, 1.54) is 6.08 Å². The molecule has 2 nitrogen and oxygen atoms in total. The van der Waals surface area contributed by atoms with Crippen molar-refractivity contribution >= 4 is 5.78 Å². The molecule has 0 bridgehead atoms. The van der Waals surface area contributed by atoms with Gasteiger partial charge in [0.05, 0.1) is 5.76 Å². The smallest absolute Gasteiger partial charge is 0.199 e. The molecule has 1 aliphatic heterocycles. The van der Waals surface area contributed by atoms with Crippen LogP contribution in [0.4, 0.5) is 0 Å². The van der Waals surface area contributed by atoms with Crippen LogP contribution < -0.4 is 0 Å². The first kappa shape index (κ1) is 7.06. The summed E-state index contributed by atoms with van der Waals surface area (Å²) in [4.78, 5) is 10.9. The molecular formula is C8H10O2. The third kappa shape index (κ3) is 1.26. The monoisotopic (exact) mass is 138 g/mol. The Labute approximate surface area is 60.2 Å². The minimum absolute atomic E-state index is 0.0531. The van der Waals surface area contributed by atoms with E-state index < -0.39 is 0 Å². The molecule has 0 spiro atoms. The van der Waals surface area contributed by atoms with Crippen LogP contribution in [0.15, 0.2) is 24.5 Å². The maximum Gasteiger partial charge on any atom is 0.199 e. The van der Waals surface area contributed by atoms with Gasteiger partial charge in [-0.2, -0.15) is 0 Å². The summed E-state index contributed by atoms with van der Waals surface area (Å²) in [5, 5.41) is 0. The minimum atomic E-state index is -0.294. The van der Waals surface area contributed by atoms with Crippen molar-refractivity contribution in [3.05, 3.63) is 24.5 Å². The van der Waals surface area contributed by atoms with Gasteiger partial charge in [-0.25, -0.2) is 0 Å². The van der Waals surface area contributed by atoms with Crippen LogP contribution in [-0.4, -0.2) is 11.9 Å². The fourth-order valence-electron chi connectivity index (χ4n) is 0.925. The van der Waals surface area contributed by atoms with Crippen molar-refractivity contribution in [1.29, 1.82) is 0 Å². The molecule has 0 radical (unpaired) electrons. The molecule has 10 heavy (non-hydrogen) atoms. The van der Waals surface area contributed by atoms with E-state index in [0.717, 1.165) is 0 Å². The lowest BCUT2D eigenvalue weighted by Crippen LogP contribution is -2.14. The number of hydrogen-bond acceptors (Lipinski definition) is 2. The Bertz CT molecular complexity index is 191. The molecule has 1 unspecified atom stereocenters. The van der Waals surface area contributed by atoms with Gasteiger partial charge in [0.1, 0.15) is 0 Å². The number of rotatable bonds is 2. The van der Waals surface area contributed by atoms with E-state index in [2.05, 4.69) is 6.58 Å². The van der Waals surface area contributed by atoms with Gasteiger partial charge in [-0.15, -0.1) is 6.58 Å². The van der Waals surface area contributed by atoms with Crippen molar-refractivity contribution < 1.29 is 9.53 Å². The first-order chi connectivity index (χ1) is 4.74. The van der Waals surface area contributed by atoms with E-state index in [-0.39, 0.29) is 11.9 Å². The Morgan fingerprint density at radius 2 is 2.60 bits per heavy atom. The van der Waals surface area contributed by atoms with Crippen LogP contribution >= 0.6 is 0 Å². The Balaban J connectivity index is 2.55. The van der Waals surface area contributed by atoms with Gasteiger partial charge in [0, 0.05) is 12.5 Å². The maximum atomic E-state index is 10.9. The topological polar surface area (TPSA) is 26.3 Å².